The summed E-state index contributed by atoms with van der Waals surface area (Å²) in [4.78, 5) is 11.1. The number of carboxylic acids is 1. The van der Waals surface area contributed by atoms with Crippen molar-refractivity contribution in [3.8, 4) is 5.75 Å². The number of halogens is 1. The highest BCUT2D eigenvalue weighted by Gasteiger charge is 2.22. The lowest BCUT2D eigenvalue weighted by atomic mass is 10.1. The highest BCUT2D eigenvalue weighted by molar-refractivity contribution is 9.10. The molecule has 0 radical (unpaired) electrons. The van der Waals surface area contributed by atoms with Gasteiger partial charge in [-0.25, -0.2) is 12.4 Å². The number of carbonyl (C=O) groups is 1. The molecule has 0 unspecified atom stereocenters. The van der Waals surface area contributed by atoms with E-state index in [0.717, 1.165) is 4.47 Å². The summed E-state index contributed by atoms with van der Waals surface area (Å²) in [6, 6.07) is 11.6. The lowest BCUT2D eigenvalue weighted by Gasteiger charge is -2.09. The molecule has 1 heterocycles. The first-order valence-electron chi connectivity index (χ1n) is 8.32. The lowest BCUT2D eigenvalue weighted by Crippen LogP contribution is -2.12. The molecule has 6 nitrogen and oxygen atoms in total. The molecular formula is C19H18BrNO5S. The minimum Gasteiger partial charge on any atom is -0.494 e. The Balaban J connectivity index is 2.18. The van der Waals surface area contributed by atoms with Crippen LogP contribution in [0.5, 0.6) is 5.75 Å². The second-order valence-corrected chi connectivity index (χ2v) is 8.65. The van der Waals surface area contributed by atoms with Crippen LogP contribution in [0.25, 0.3) is 10.9 Å². The van der Waals surface area contributed by atoms with E-state index in [-0.39, 0.29) is 17.7 Å². The van der Waals surface area contributed by atoms with Crippen LogP contribution in [0.2, 0.25) is 0 Å². The number of fused-ring (bicyclic) bond motifs is 1. The summed E-state index contributed by atoms with van der Waals surface area (Å²) in [7, 11) is -3.84. The molecule has 1 N–H and O–H groups in total. The molecule has 0 aliphatic heterocycles. The van der Waals surface area contributed by atoms with Crippen molar-refractivity contribution in [3.05, 3.63) is 58.7 Å². The summed E-state index contributed by atoms with van der Waals surface area (Å²) in [5, 5.41) is 9.68. The molecule has 8 heteroatoms. The van der Waals surface area contributed by atoms with Gasteiger partial charge in [-0.15, -0.1) is 0 Å². The van der Waals surface area contributed by atoms with Gasteiger partial charge in [-0.05, 0) is 55.3 Å². The van der Waals surface area contributed by atoms with Crippen molar-refractivity contribution in [1.82, 2.24) is 3.97 Å². The maximum absolute atomic E-state index is 13.2. The van der Waals surface area contributed by atoms with E-state index in [0.29, 0.717) is 28.8 Å². The normalized spacial score (nSPS) is 11.6. The predicted octanol–water partition coefficient (Wildman–Crippen LogP) is 4.06. The molecule has 27 heavy (non-hydrogen) atoms. The number of benzene rings is 2. The van der Waals surface area contributed by atoms with Gasteiger partial charge in [0.1, 0.15) is 5.75 Å². The van der Waals surface area contributed by atoms with Gasteiger partial charge in [-0.3, -0.25) is 4.79 Å². The van der Waals surface area contributed by atoms with Crippen LogP contribution in [-0.2, 0) is 21.2 Å². The molecule has 2 aromatic carbocycles. The maximum atomic E-state index is 13.2. The molecule has 0 saturated carbocycles. The fourth-order valence-corrected chi connectivity index (χ4v) is 4.51. The van der Waals surface area contributed by atoms with Gasteiger partial charge in [-0.2, -0.15) is 0 Å². The predicted molar refractivity (Wildman–Crippen MR) is 106 cm³/mol. The molecule has 0 saturated heterocycles. The summed E-state index contributed by atoms with van der Waals surface area (Å²) in [5.74, 6) is -0.377. The van der Waals surface area contributed by atoms with E-state index in [2.05, 4.69) is 15.9 Å². The van der Waals surface area contributed by atoms with E-state index in [1.54, 1.807) is 30.3 Å². The molecule has 0 spiro atoms. The van der Waals surface area contributed by atoms with Crippen LogP contribution in [0.15, 0.2) is 58.0 Å². The van der Waals surface area contributed by atoms with E-state index in [1.165, 1.54) is 22.3 Å². The number of hydrogen-bond donors (Lipinski definition) is 1. The Kier molecular flexibility index (Phi) is 5.57. The molecular weight excluding hydrogens is 434 g/mol. The molecule has 3 aromatic rings. The van der Waals surface area contributed by atoms with Crippen molar-refractivity contribution in [2.75, 3.05) is 6.61 Å². The van der Waals surface area contributed by atoms with Crippen molar-refractivity contribution in [1.29, 1.82) is 0 Å². The molecule has 0 amide bonds. The van der Waals surface area contributed by atoms with Gasteiger partial charge in [0.2, 0.25) is 0 Å². The first-order valence-corrected chi connectivity index (χ1v) is 10.6. The summed E-state index contributed by atoms with van der Waals surface area (Å²) in [5.41, 5.74) is 1.13. The molecule has 0 bridgehead atoms. The van der Waals surface area contributed by atoms with Gasteiger partial charge in [-0.1, -0.05) is 15.9 Å². The molecule has 3 rings (SSSR count). The van der Waals surface area contributed by atoms with Crippen molar-refractivity contribution in [3.63, 3.8) is 0 Å². The second-order valence-electron chi connectivity index (χ2n) is 5.91. The Labute approximate surface area is 165 Å². The van der Waals surface area contributed by atoms with Crippen molar-refractivity contribution in [2.45, 2.75) is 24.7 Å². The number of aliphatic carboxylic acids is 1. The van der Waals surface area contributed by atoms with Gasteiger partial charge in [0, 0.05) is 28.5 Å². The average molecular weight is 452 g/mol. The number of rotatable bonds is 7. The van der Waals surface area contributed by atoms with Gasteiger partial charge >= 0.3 is 5.97 Å². The zero-order chi connectivity index (χ0) is 19.6. The molecule has 0 atom stereocenters. The van der Waals surface area contributed by atoms with Crippen LogP contribution < -0.4 is 4.74 Å². The third-order valence-electron chi connectivity index (χ3n) is 4.12. The lowest BCUT2D eigenvalue weighted by molar-refractivity contribution is -0.136. The van der Waals surface area contributed by atoms with E-state index in [9.17, 15) is 13.2 Å². The molecule has 1 aromatic heterocycles. The molecule has 0 aliphatic rings. The molecule has 142 valence electrons. The van der Waals surface area contributed by atoms with Crippen LogP contribution in [-0.4, -0.2) is 30.1 Å². The van der Waals surface area contributed by atoms with Crippen LogP contribution >= 0.6 is 15.9 Å². The SMILES string of the molecule is CCOc1ccc2c(CCC(=O)O)cn(S(=O)(=O)c3ccc(Br)cc3)c2c1. The number of hydrogen-bond acceptors (Lipinski definition) is 4. The quantitative estimate of drug-likeness (QED) is 0.585. The fraction of sp³-hybridized carbons (Fsp3) is 0.211. The Hall–Kier alpha value is -2.32. The van der Waals surface area contributed by atoms with Gasteiger partial charge in [0.05, 0.1) is 17.0 Å². The van der Waals surface area contributed by atoms with E-state index >= 15 is 0 Å². The van der Waals surface area contributed by atoms with Gasteiger partial charge in [0.15, 0.2) is 0 Å². The average Bonchev–Trinajstić information content (AvgIpc) is 2.99. The maximum Gasteiger partial charge on any atom is 0.303 e. The Morgan fingerprint density at radius 1 is 1.19 bits per heavy atom. The highest BCUT2D eigenvalue weighted by atomic mass is 79.9. The zero-order valence-electron chi connectivity index (χ0n) is 14.6. The largest absolute Gasteiger partial charge is 0.494 e. The number of aromatic nitrogens is 1. The molecule has 0 fully saturated rings. The van der Waals surface area contributed by atoms with Crippen molar-refractivity contribution >= 4 is 42.8 Å². The van der Waals surface area contributed by atoms with Crippen LogP contribution in [0.1, 0.15) is 18.9 Å². The zero-order valence-corrected chi connectivity index (χ0v) is 17.0. The first kappa shape index (κ1) is 19.4. The van der Waals surface area contributed by atoms with Gasteiger partial charge in [0.25, 0.3) is 10.0 Å². The summed E-state index contributed by atoms with van der Waals surface area (Å²) in [6.07, 6.45) is 1.66. The number of ether oxygens (including phenoxy) is 1. The first-order chi connectivity index (χ1) is 12.8. The monoisotopic (exact) mass is 451 g/mol. The smallest absolute Gasteiger partial charge is 0.303 e. The van der Waals surface area contributed by atoms with E-state index < -0.39 is 16.0 Å². The third kappa shape index (κ3) is 4.01. The Bertz CT molecular complexity index is 1090. The number of carboxylic acid groups (broad SMARTS) is 1. The standard InChI is InChI=1S/C19H18BrNO5S/c1-2-26-15-6-9-17-13(3-10-19(22)23)12-21(18(17)11-15)27(24,25)16-7-4-14(20)5-8-16/h4-9,11-12H,2-3,10H2,1H3,(H,22,23). The van der Waals surface area contributed by atoms with Crippen LogP contribution in [0.4, 0.5) is 0 Å². The molecule has 0 aliphatic carbocycles. The number of nitrogens with zero attached hydrogens (tertiary/aromatic N) is 1. The van der Waals surface area contributed by atoms with Crippen LogP contribution in [0, 0.1) is 0 Å². The summed E-state index contributed by atoms with van der Waals surface area (Å²) >= 11 is 3.30. The van der Waals surface area contributed by atoms with Crippen molar-refractivity contribution < 1.29 is 23.1 Å². The van der Waals surface area contributed by atoms with E-state index in [1.807, 2.05) is 6.92 Å². The summed E-state index contributed by atoms with van der Waals surface area (Å²) in [6.45, 7) is 2.30. The minimum atomic E-state index is -3.84. The Morgan fingerprint density at radius 2 is 1.89 bits per heavy atom. The minimum absolute atomic E-state index is 0.0787. The fourth-order valence-electron chi connectivity index (χ4n) is 2.86. The highest BCUT2D eigenvalue weighted by Crippen LogP contribution is 2.30. The topological polar surface area (TPSA) is 85.6 Å². The Morgan fingerprint density at radius 3 is 2.52 bits per heavy atom. The van der Waals surface area contributed by atoms with Gasteiger partial charge < -0.3 is 9.84 Å². The van der Waals surface area contributed by atoms with Crippen molar-refractivity contribution in [2.24, 2.45) is 0 Å². The van der Waals surface area contributed by atoms with Crippen LogP contribution in [0.3, 0.4) is 0 Å². The second kappa shape index (κ2) is 7.74. The number of aryl methyl sites for hydroxylation is 1. The third-order valence-corrected chi connectivity index (χ3v) is 6.33. The summed E-state index contributed by atoms with van der Waals surface area (Å²) < 4.78 is 33.8. The van der Waals surface area contributed by atoms with E-state index in [4.69, 9.17) is 9.84 Å².